The lowest BCUT2D eigenvalue weighted by Crippen LogP contribution is -2.39. The van der Waals surface area contributed by atoms with Gasteiger partial charge in [-0.05, 0) is 68.0 Å². The van der Waals surface area contributed by atoms with Crippen molar-refractivity contribution in [2.75, 3.05) is 36.4 Å². The fourth-order valence-electron chi connectivity index (χ4n) is 4.16. The highest BCUT2D eigenvalue weighted by molar-refractivity contribution is 6.05. The first-order chi connectivity index (χ1) is 14.1. The molecular weight excluding hydrogens is 364 g/mol. The first-order valence-electron chi connectivity index (χ1n) is 10.5. The monoisotopic (exact) mass is 392 g/mol. The summed E-state index contributed by atoms with van der Waals surface area (Å²) in [6, 6.07) is 11.2. The largest absolute Gasteiger partial charge is 0.372 e. The zero-order chi connectivity index (χ0) is 20.2. The number of anilines is 2. The summed E-state index contributed by atoms with van der Waals surface area (Å²) < 4.78 is 0. The summed E-state index contributed by atoms with van der Waals surface area (Å²) in [6.07, 6.45) is 6.17. The first-order valence-corrected chi connectivity index (χ1v) is 10.5. The number of rotatable bonds is 4. The number of nitrogens with one attached hydrogen (secondary N) is 1. The van der Waals surface area contributed by atoms with Crippen LogP contribution in [0.25, 0.3) is 0 Å². The van der Waals surface area contributed by atoms with Crippen LogP contribution in [-0.2, 0) is 0 Å². The maximum absolute atomic E-state index is 12.8. The molecule has 6 nitrogen and oxygen atoms in total. The maximum atomic E-state index is 12.8. The van der Waals surface area contributed by atoms with E-state index in [0.29, 0.717) is 17.2 Å². The van der Waals surface area contributed by atoms with Crippen molar-refractivity contribution in [3.63, 3.8) is 0 Å². The number of piperidine rings is 1. The summed E-state index contributed by atoms with van der Waals surface area (Å²) >= 11 is 0. The van der Waals surface area contributed by atoms with Crippen LogP contribution in [0.15, 0.2) is 42.6 Å². The zero-order valence-corrected chi connectivity index (χ0v) is 16.9. The lowest BCUT2D eigenvalue weighted by Gasteiger charge is -2.30. The van der Waals surface area contributed by atoms with Gasteiger partial charge in [-0.15, -0.1) is 0 Å². The van der Waals surface area contributed by atoms with Crippen LogP contribution in [-0.4, -0.2) is 47.9 Å². The predicted octanol–water partition coefficient (Wildman–Crippen LogP) is 3.81. The second-order valence-corrected chi connectivity index (χ2v) is 8.12. The molecule has 1 unspecified atom stereocenters. The topological polar surface area (TPSA) is 65.5 Å². The maximum Gasteiger partial charge on any atom is 0.272 e. The quantitative estimate of drug-likeness (QED) is 0.859. The van der Waals surface area contributed by atoms with Gasteiger partial charge in [-0.25, -0.2) is 0 Å². The minimum Gasteiger partial charge on any atom is -0.372 e. The van der Waals surface area contributed by atoms with Gasteiger partial charge >= 0.3 is 0 Å². The Morgan fingerprint density at radius 2 is 1.79 bits per heavy atom. The Hall–Kier alpha value is -2.89. The molecule has 1 aromatic carbocycles. The summed E-state index contributed by atoms with van der Waals surface area (Å²) in [4.78, 5) is 33.9. The number of nitrogens with zero attached hydrogens (tertiary/aromatic N) is 3. The molecule has 1 N–H and O–H groups in total. The van der Waals surface area contributed by atoms with Crippen molar-refractivity contribution in [1.29, 1.82) is 0 Å². The number of carbonyl (C=O) groups excluding carboxylic acids is 2. The average Bonchev–Trinajstić information content (AvgIpc) is 3.29. The molecule has 2 fully saturated rings. The summed E-state index contributed by atoms with van der Waals surface area (Å²) in [5.41, 5.74) is 2.70. The molecule has 4 rings (SSSR count). The molecular formula is C23H28N4O2. The number of hydrogen-bond donors (Lipinski definition) is 1. The van der Waals surface area contributed by atoms with Crippen molar-refractivity contribution in [2.24, 2.45) is 5.92 Å². The van der Waals surface area contributed by atoms with Crippen LogP contribution in [0.5, 0.6) is 0 Å². The number of likely N-dealkylation sites (tertiary alicyclic amines) is 1. The van der Waals surface area contributed by atoms with Crippen LogP contribution in [0.2, 0.25) is 0 Å². The van der Waals surface area contributed by atoms with E-state index in [1.807, 2.05) is 29.2 Å². The molecule has 152 valence electrons. The van der Waals surface area contributed by atoms with Crippen molar-refractivity contribution in [1.82, 2.24) is 9.88 Å². The van der Waals surface area contributed by atoms with Gasteiger partial charge < -0.3 is 15.1 Å². The van der Waals surface area contributed by atoms with E-state index in [4.69, 9.17) is 0 Å². The second kappa shape index (κ2) is 8.64. The summed E-state index contributed by atoms with van der Waals surface area (Å²) in [5, 5.41) is 2.92. The highest BCUT2D eigenvalue weighted by atomic mass is 16.2. The number of hydrogen-bond acceptors (Lipinski definition) is 4. The molecule has 2 aliphatic rings. The van der Waals surface area contributed by atoms with Gasteiger partial charge in [0.25, 0.3) is 11.8 Å². The van der Waals surface area contributed by atoms with E-state index in [1.54, 1.807) is 12.1 Å². The van der Waals surface area contributed by atoms with E-state index >= 15 is 0 Å². The smallest absolute Gasteiger partial charge is 0.272 e. The molecule has 2 amide bonds. The average molecular weight is 393 g/mol. The molecule has 0 bridgehead atoms. The molecule has 0 spiro atoms. The van der Waals surface area contributed by atoms with Gasteiger partial charge in [0, 0.05) is 49.3 Å². The number of pyridine rings is 1. The van der Waals surface area contributed by atoms with Crippen LogP contribution < -0.4 is 10.2 Å². The molecule has 2 saturated heterocycles. The van der Waals surface area contributed by atoms with Gasteiger partial charge in [-0.1, -0.05) is 6.92 Å². The van der Waals surface area contributed by atoms with Crippen molar-refractivity contribution in [2.45, 2.75) is 32.6 Å². The molecule has 0 aliphatic carbocycles. The first kappa shape index (κ1) is 19.4. The van der Waals surface area contributed by atoms with Crippen LogP contribution in [0.4, 0.5) is 11.4 Å². The Balaban J connectivity index is 1.42. The number of aromatic nitrogens is 1. The number of amides is 2. The SMILES string of the molecule is CC1CCCN(C(=O)c2cc(C(=O)Nc3ccc(N4CCCC4)cc3)ccn2)C1. The molecule has 0 saturated carbocycles. The van der Waals surface area contributed by atoms with Crippen molar-refractivity contribution in [3.05, 3.63) is 53.9 Å². The molecule has 6 heteroatoms. The van der Waals surface area contributed by atoms with Crippen molar-refractivity contribution >= 4 is 23.2 Å². The zero-order valence-electron chi connectivity index (χ0n) is 16.9. The van der Waals surface area contributed by atoms with Gasteiger partial charge in [0.05, 0.1) is 0 Å². The lowest BCUT2D eigenvalue weighted by molar-refractivity contribution is 0.0677. The highest BCUT2D eigenvalue weighted by Crippen LogP contribution is 2.22. The van der Waals surface area contributed by atoms with E-state index in [0.717, 1.165) is 44.7 Å². The molecule has 2 aliphatic heterocycles. The summed E-state index contributed by atoms with van der Waals surface area (Å²) in [5.74, 6) is 0.172. The fraction of sp³-hybridized carbons (Fsp3) is 0.435. The summed E-state index contributed by atoms with van der Waals surface area (Å²) in [7, 11) is 0. The third kappa shape index (κ3) is 4.58. The summed E-state index contributed by atoms with van der Waals surface area (Å²) in [6.45, 7) is 5.85. The normalized spacial score (nSPS) is 19.3. The Kier molecular flexibility index (Phi) is 5.79. The van der Waals surface area contributed by atoms with Gasteiger partial charge in [0.15, 0.2) is 0 Å². The minimum atomic E-state index is -0.234. The minimum absolute atomic E-state index is 0.0961. The fourth-order valence-corrected chi connectivity index (χ4v) is 4.16. The Morgan fingerprint density at radius 3 is 2.52 bits per heavy atom. The Morgan fingerprint density at radius 1 is 1.03 bits per heavy atom. The molecule has 3 heterocycles. The molecule has 2 aromatic rings. The molecule has 0 radical (unpaired) electrons. The van der Waals surface area contributed by atoms with E-state index in [9.17, 15) is 9.59 Å². The van der Waals surface area contributed by atoms with Crippen LogP contribution in [0.1, 0.15) is 53.5 Å². The van der Waals surface area contributed by atoms with E-state index < -0.39 is 0 Å². The predicted molar refractivity (Wildman–Crippen MR) is 114 cm³/mol. The van der Waals surface area contributed by atoms with Gasteiger partial charge in [0.2, 0.25) is 0 Å². The second-order valence-electron chi connectivity index (χ2n) is 8.12. The third-order valence-electron chi connectivity index (χ3n) is 5.78. The lowest BCUT2D eigenvalue weighted by atomic mass is 10.00. The van der Waals surface area contributed by atoms with Gasteiger partial charge in [0.1, 0.15) is 5.69 Å². The number of benzene rings is 1. The molecule has 1 aromatic heterocycles. The van der Waals surface area contributed by atoms with Gasteiger partial charge in [-0.2, -0.15) is 0 Å². The molecule has 29 heavy (non-hydrogen) atoms. The standard InChI is InChI=1S/C23H28N4O2/c1-17-5-4-14-27(16-17)23(29)21-15-18(10-11-24-21)22(28)25-19-6-8-20(9-7-19)26-12-2-3-13-26/h6-11,15,17H,2-5,12-14,16H2,1H3,(H,25,28). The highest BCUT2D eigenvalue weighted by Gasteiger charge is 2.23. The van der Waals surface area contributed by atoms with E-state index in [1.165, 1.54) is 24.7 Å². The van der Waals surface area contributed by atoms with Gasteiger partial charge in [-0.3, -0.25) is 14.6 Å². The molecule has 1 atom stereocenters. The number of carbonyl (C=O) groups is 2. The van der Waals surface area contributed by atoms with Crippen molar-refractivity contribution < 1.29 is 9.59 Å². The Bertz CT molecular complexity index is 875. The van der Waals surface area contributed by atoms with Crippen LogP contribution in [0.3, 0.4) is 0 Å². The Labute approximate surface area is 171 Å². The van der Waals surface area contributed by atoms with Crippen molar-refractivity contribution in [3.8, 4) is 0 Å². The van der Waals surface area contributed by atoms with E-state index in [2.05, 4.69) is 22.1 Å². The van der Waals surface area contributed by atoms with Crippen LogP contribution >= 0.6 is 0 Å². The van der Waals surface area contributed by atoms with E-state index in [-0.39, 0.29) is 11.8 Å². The third-order valence-corrected chi connectivity index (χ3v) is 5.78. The van der Waals surface area contributed by atoms with Crippen LogP contribution in [0, 0.1) is 5.92 Å².